The zero-order valence-corrected chi connectivity index (χ0v) is 11.8. The molecule has 2 rings (SSSR count). The smallest absolute Gasteiger partial charge is 0.119 e. The molecule has 0 saturated heterocycles. The van der Waals surface area contributed by atoms with Crippen molar-refractivity contribution in [3.05, 3.63) is 47.3 Å². The molecular formula is C15H21N3O. The van der Waals surface area contributed by atoms with Crippen LogP contribution in [-0.2, 0) is 13.1 Å². The van der Waals surface area contributed by atoms with E-state index in [2.05, 4.69) is 35.5 Å². The van der Waals surface area contributed by atoms with Gasteiger partial charge in [0.1, 0.15) is 12.4 Å². The van der Waals surface area contributed by atoms with Gasteiger partial charge in [0.25, 0.3) is 0 Å². The largest absolute Gasteiger partial charge is 0.492 e. The van der Waals surface area contributed by atoms with Crippen LogP contribution in [0, 0.1) is 13.8 Å². The Balaban J connectivity index is 1.88. The molecule has 0 amide bonds. The Hall–Kier alpha value is -1.81. The molecule has 0 spiro atoms. The van der Waals surface area contributed by atoms with Gasteiger partial charge in [0.2, 0.25) is 0 Å². The standard InChI is InChI=1S/C15H21N3O/c1-12-9-13(2)18(17-12)7-8-19-15-6-4-5-14(10-15)11-16-3/h4-6,9-10,16H,7-8,11H2,1-3H3. The maximum Gasteiger partial charge on any atom is 0.119 e. The van der Waals surface area contributed by atoms with Crippen LogP contribution in [0.2, 0.25) is 0 Å². The Labute approximate surface area is 114 Å². The molecule has 19 heavy (non-hydrogen) atoms. The van der Waals surface area contributed by atoms with Crippen LogP contribution in [0.15, 0.2) is 30.3 Å². The number of aryl methyl sites for hydroxylation is 2. The van der Waals surface area contributed by atoms with Crippen LogP contribution < -0.4 is 10.1 Å². The maximum atomic E-state index is 5.77. The molecule has 4 nitrogen and oxygen atoms in total. The molecule has 1 aromatic carbocycles. The van der Waals surface area contributed by atoms with Crippen molar-refractivity contribution in [1.82, 2.24) is 15.1 Å². The minimum Gasteiger partial charge on any atom is -0.492 e. The van der Waals surface area contributed by atoms with Gasteiger partial charge in [-0.2, -0.15) is 5.10 Å². The molecular weight excluding hydrogens is 238 g/mol. The Morgan fingerprint density at radius 2 is 2.11 bits per heavy atom. The first-order valence-electron chi connectivity index (χ1n) is 6.56. The summed E-state index contributed by atoms with van der Waals surface area (Å²) < 4.78 is 7.75. The fourth-order valence-corrected chi connectivity index (χ4v) is 2.10. The summed E-state index contributed by atoms with van der Waals surface area (Å²) in [6.45, 7) is 6.33. The van der Waals surface area contributed by atoms with Gasteiger partial charge in [-0.1, -0.05) is 12.1 Å². The maximum absolute atomic E-state index is 5.77. The number of benzene rings is 1. The first kappa shape index (κ1) is 13.6. The van der Waals surface area contributed by atoms with Gasteiger partial charge < -0.3 is 10.1 Å². The number of rotatable bonds is 6. The zero-order chi connectivity index (χ0) is 13.7. The van der Waals surface area contributed by atoms with Crippen molar-refractivity contribution in [3.8, 4) is 5.75 Å². The van der Waals surface area contributed by atoms with Crippen molar-refractivity contribution in [1.29, 1.82) is 0 Å². The minimum atomic E-state index is 0.630. The molecule has 0 bridgehead atoms. The van der Waals surface area contributed by atoms with Gasteiger partial charge >= 0.3 is 0 Å². The van der Waals surface area contributed by atoms with Crippen molar-refractivity contribution in [3.63, 3.8) is 0 Å². The second kappa shape index (κ2) is 6.38. The van der Waals surface area contributed by atoms with E-state index in [1.807, 2.05) is 30.8 Å². The third-order valence-electron chi connectivity index (χ3n) is 2.95. The number of nitrogens with one attached hydrogen (secondary N) is 1. The van der Waals surface area contributed by atoms with Crippen molar-refractivity contribution in [2.45, 2.75) is 26.9 Å². The van der Waals surface area contributed by atoms with Crippen LogP contribution in [-0.4, -0.2) is 23.4 Å². The van der Waals surface area contributed by atoms with Crippen molar-refractivity contribution >= 4 is 0 Å². The van der Waals surface area contributed by atoms with E-state index in [1.54, 1.807) is 0 Å². The lowest BCUT2D eigenvalue weighted by atomic mass is 10.2. The van der Waals surface area contributed by atoms with Crippen LogP contribution in [0.3, 0.4) is 0 Å². The van der Waals surface area contributed by atoms with Gasteiger partial charge in [0, 0.05) is 12.2 Å². The van der Waals surface area contributed by atoms with Crippen LogP contribution in [0.25, 0.3) is 0 Å². The second-order valence-electron chi connectivity index (χ2n) is 4.68. The zero-order valence-electron chi connectivity index (χ0n) is 11.8. The van der Waals surface area contributed by atoms with E-state index in [-0.39, 0.29) is 0 Å². The number of hydrogen-bond acceptors (Lipinski definition) is 3. The average Bonchev–Trinajstić information content (AvgIpc) is 2.69. The Morgan fingerprint density at radius 3 is 2.79 bits per heavy atom. The molecule has 0 aliphatic rings. The summed E-state index contributed by atoms with van der Waals surface area (Å²) in [6, 6.07) is 10.2. The van der Waals surface area contributed by atoms with E-state index in [4.69, 9.17) is 4.74 Å². The van der Waals surface area contributed by atoms with Crippen LogP contribution in [0.5, 0.6) is 5.75 Å². The van der Waals surface area contributed by atoms with Gasteiger partial charge in [-0.05, 0) is 44.7 Å². The van der Waals surface area contributed by atoms with Gasteiger partial charge in [-0.3, -0.25) is 4.68 Å². The summed E-state index contributed by atoms with van der Waals surface area (Å²) in [7, 11) is 1.94. The molecule has 0 radical (unpaired) electrons. The predicted octanol–water partition coefficient (Wildman–Crippen LogP) is 2.30. The van der Waals surface area contributed by atoms with Crippen molar-refractivity contribution < 1.29 is 4.74 Å². The molecule has 0 saturated carbocycles. The normalized spacial score (nSPS) is 10.7. The van der Waals surface area contributed by atoms with Gasteiger partial charge in [-0.25, -0.2) is 0 Å². The minimum absolute atomic E-state index is 0.630. The van der Waals surface area contributed by atoms with Gasteiger partial charge in [-0.15, -0.1) is 0 Å². The SMILES string of the molecule is CNCc1cccc(OCCn2nc(C)cc2C)c1. The van der Waals surface area contributed by atoms with Crippen molar-refractivity contribution in [2.24, 2.45) is 0 Å². The monoisotopic (exact) mass is 259 g/mol. The Morgan fingerprint density at radius 1 is 1.26 bits per heavy atom. The molecule has 1 heterocycles. The van der Waals surface area contributed by atoms with E-state index in [0.717, 1.165) is 24.5 Å². The van der Waals surface area contributed by atoms with E-state index >= 15 is 0 Å². The molecule has 1 N–H and O–H groups in total. The summed E-state index contributed by atoms with van der Waals surface area (Å²) in [5.74, 6) is 0.911. The molecule has 0 unspecified atom stereocenters. The lowest BCUT2D eigenvalue weighted by Gasteiger charge is -2.09. The van der Waals surface area contributed by atoms with E-state index in [0.29, 0.717) is 6.61 Å². The molecule has 0 fully saturated rings. The summed E-state index contributed by atoms with van der Waals surface area (Å²) in [5.41, 5.74) is 3.45. The summed E-state index contributed by atoms with van der Waals surface area (Å²) in [5, 5.41) is 7.55. The highest BCUT2D eigenvalue weighted by Gasteiger charge is 2.01. The quantitative estimate of drug-likeness (QED) is 0.865. The third-order valence-corrected chi connectivity index (χ3v) is 2.95. The fraction of sp³-hybridized carbons (Fsp3) is 0.400. The van der Waals surface area contributed by atoms with Crippen molar-refractivity contribution in [2.75, 3.05) is 13.7 Å². The van der Waals surface area contributed by atoms with E-state index in [9.17, 15) is 0 Å². The molecule has 0 atom stereocenters. The first-order chi connectivity index (χ1) is 9.19. The topological polar surface area (TPSA) is 39.1 Å². The Bertz CT molecular complexity index is 534. The lowest BCUT2D eigenvalue weighted by Crippen LogP contribution is -2.11. The highest BCUT2D eigenvalue weighted by atomic mass is 16.5. The Kier molecular flexibility index (Phi) is 4.58. The number of hydrogen-bond donors (Lipinski definition) is 1. The second-order valence-corrected chi connectivity index (χ2v) is 4.68. The van der Waals surface area contributed by atoms with Gasteiger partial charge in [0.05, 0.1) is 12.2 Å². The highest BCUT2D eigenvalue weighted by molar-refractivity contribution is 5.28. The van der Waals surface area contributed by atoms with Crippen LogP contribution >= 0.6 is 0 Å². The average molecular weight is 259 g/mol. The van der Waals surface area contributed by atoms with Crippen LogP contribution in [0.4, 0.5) is 0 Å². The molecule has 1 aromatic heterocycles. The van der Waals surface area contributed by atoms with E-state index < -0.39 is 0 Å². The molecule has 0 aliphatic carbocycles. The highest BCUT2D eigenvalue weighted by Crippen LogP contribution is 2.13. The molecule has 4 heteroatoms. The predicted molar refractivity (Wildman–Crippen MR) is 76.4 cm³/mol. The summed E-state index contributed by atoms with van der Waals surface area (Å²) in [6.07, 6.45) is 0. The van der Waals surface area contributed by atoms with E-state index in [1.165, 1.54) is 11.3 Å². The lowest BCUT2D eigenvalue weighted by molar-refractivity contribution is 0.289. The summed E-state index contributed by atoms with van der Waals surface area (Å²) in [4.78, 5) is 0. The summed E-state index contributed by atoms with van der Waals surface area (Å²) >= 11 is 0. The molecule has 102 valence electrons. The molecule has 2 aromatic rings. The number of aromatic nitrogens is 2. The third kappa shape index (κ3) is 3.83. The van der Waals surface area contributed by atoms with Gasteiger partial charge in [0.15, 0.2) is 0 Å². The van der Waals surface area contributed by atoms with Crippen LogP contribution in [0.1, 0.15) is 17.0 Å². The first-order valence-corrected chi connectivity index (χ1v) is 6.56. The fourth-order valence-electron chi connectivity index (χ4n) is 2.10. The molecule has 0 aliphatic heterocycles. The number of nitrogens with zero attached hydrogens (tertiary/aromatic N) is 2. The number of ether oxygens (including phenoxy) is 1.